The van der Waals surface area contributed by atoms with Crippen LogP contribution in [0.25, 0.3) is 0 Å². The summed E-state index contributed by atoms with van der Waals surface area (Å²) < 4.78 is 43.2. The summed E-state index contributed by atoms with van der Waals surface area (Å²) in [6.45, 7) is 1.40. The lowest BCUT2D eigenvalue weighted by Gasteiger charge is -2.13. The van der Waals surface area contributed by atoms with Gasteiger partial charge in [-0.2, -0.15) is 13.2 Å². The van der Waals surface area contributed by atoms with E-state index in [1.165, 1.54) is 26.2 Å². The zero-order valence-corrected chi connectivity index (χ0v) is 14.1. The molecular formula is C18H17F3N2O3. The summed E-state index contributed by atoms with van der Waals surface area (Å²) in [6.07, 6.45) is -4.58. The third kappa shape index (κ3) is 4.98. The van der Waals surface area contributed by atoms with Crippen molar-refractivity contribution in [2.75, 3.05) is 12.5 Å². The minimum atomic E-state index is -4.47. The zero-order chi connectivity index (χ0) is 19.3. The third-order valence-electron chi connectivity index (χ3n) is 3.57. The molecule has 0 atom stereocenters. The second-order valence-corrected chi connectivity index (χ2v) is 5.51. The number of benzene rings is 2. The van der Waals surface area contributed by atoms with Crippen molar-refractivity contribution in [3.63, 3.8) is 0 Å². The summed E-state index contributed by atoms with van der Waals surface area (Å²) in [6, 6.07) is 9.17. The first-order valence-corrected chi connectivity index (χ1v) is 7.60. The number of carbonyl (C=O) groups is 2. The Morgan fingerprint density at radius 1 is 1.12 bits per heavy atom. The highest BCUT2D eigenvalue weighted by Crippen LogP contribution is 2.30. The van der Waals surface area contributed by atoms with Gasteiger partial charge in [0.25, 0.3) is 0 Å². The monoisotopic (exact) mass is 366 g/mol. The largest absolute Gasteiger partial charge is 0.496 e. The van der Waals surface area contributed by atoms with E-state index in [-0.39, 0.29) is 17.9 Å². The van der Waals surface area contributed by atoms with E-state index in [9.17, 15) is 22.8 Å². The molecule has 0 aliphatic carbocycles. The van der Waals surface area contributed by atoms with Gasteiger partial charge in [0.05, 0.1) is 24.8 Å². The molecule has 2 N–H and O–H groups in total. The number of ether oxygens (including phenoxy) is 1. The van der Waals surface area contributed by atoms with Gasteiger partial charge in [0, 0.05) is 11.1 Å². The smallest absolute Gasteiger partial charge is 0.416 e. The quantitative estimate of drug-likeness (QED) is 0.606. The fourth-order valence-electron chi connectivity index (χ4n) is 2.27. The molecule has 2 aromatic carbocycles. The van der Waals surface area contributed by atoms with E-state index in [0.29, 0.717) is 16.9 Å². The van der Waals surface area contributed by atoms with E-state index in [0.717, 1.165) is 12.1 Å². The van der Waals surface area contributed by atoms with Gasteiger partial charge in [-0.3, -0.25) is 20.4 Å². The average molecular weight is 366 g/mol. The van der Waals surface area contributed by atoms with Crippen LogP contribution in [0.15, 0.2) is 42.5 Å². The van der Waals surface area contributed by atoms with Gasteiger partial charge in [0.15, 0.2) is 5.78 Å². The Bertz CT molecular complexity index is 820. The minimum Gasteiger partial charge on any atom is -0.496 e. The van der Waals surface area contributed by atoms with Crippen LogP contribution in [0.2, 0.25) is 0 Å². The normalized spacial score (nSPS) is 11.0. The van der Waals surface area contributed by atoms with Crippen molar-refractivity contribution in [1.82, 2.24) is 5.43 Å². The van der Waals surface area contributed by atoms with Gasteiger partial charge in [-0.15, -0.1) is 0 Å². The highest BCUT2D eigenvalue weighted by Gasteiger charge is 2.30. The molecule has 0 unspecified atom stereocenters. The van der Waals surface area contributed by atoms with E-state index >= 15 is 0 Å². The van der Waals surface area contributed by atoms with Gasteiger partial charge in [-0.05, 0) is 43.3 Å². The van der Waals surface area contributed by atoms with Crippen molar-refractivity contribution in [2.24, 2.45) is 0 Å². The van der Waals surface area contributed by atoms with Crippen LogP contribution in [0.4, 0.5) is 18.9 Å². The Morgan fingerprint density at radius 3 is 2.46 bits per heavy atom. The Labute approximate surface area is 148 Å². The number of nitrogens with one attached hydrogen (secondary N) is 2. The molecule has 26 heavy (non-hydrogen) atoms. The maximum Gasteiger partial charge on any atom is 0.416 e. The van der Waals surface area contributed by atoms with Crippen LogP contribution in [0.5, 0.6) is 5.75 Å². The van der Waals surface area contributed by atoms with Crippen LogP contribution in [0.1, 0.15) is 28.4 Å². The summed E-state index contributed by atoms with van der Waals surface area (Å²) in [5, 5.41) is 0. The van der Waals surface area contributed by atoms with Gasteiger partial charge >= 0.3 is 6.18 Å². The number of Topliss-reactive ketones (excluding diaryl/α,β-unsaturated/α-hetero) is 1. The van der Waals surface area contributed by atoms with E-state index in [2.05, 4.69) is 10.9 Å². The molecule has 1 amide bonds. The van der Waals surface area contributed by atoms with Crippen LogP contribution < -0.4 is 15.6 Å². The van der Waals surface area contributed by atoms with Crippen LogP contribution >= 0.6 is 0 Å². The number of rotatable bonds is 6. The predicted molar refractivity (Wildman–Crippen MR) is 89.9 cm³/mol. The van der Waals surface area contributed by atoms with Gasteiger partial charge in [0.1, 0.15) is 5.75 Å². The second-order valence-electron chi connectivity index (χ2n) is 5.51. The Balaban J connectivity index is 2.06. The van der Waals surface area contributed by atoms with Gasteiger partial charge in [0.2, 0.25) is 5.91 Å². The Morgan fingerprint density at radius 2 is 1.85 bits per heavy atom. The molecule has 8 heteroatoms. The molecule has 0 fully saturated rings. The number of halogens is 3. The molecule has 0 spiro atoms. The maximum absolute atomic E-state index is 12.7. The molecule has 0 bridgehead atoms. The number of amides is 1. The van der Waals surface area contributed by atoms with Crippen LogP contribution in [-0.2, 0) is 17.4 Å². The van der Waals surface area contributed by atoms with Gasteiger partial charge in [-0.1, -0.05) is 6.07 Å². The number of carbonyl (C=O) groups excluding carboxylic acids is 2. The lowest BCUT2D eigenvalue weighted by atomic mass is 10.0. The molecule has 0 aromatic heterocycles. The number of hydrogen-bond acceptors (Lipinski definition) is 4. The van der Waals surface area contributed by atoms with Crippen molar-refractivity contribution >= 4 is 17.4 Å². The first-order valence-electron chi connectivity index (χ1n) is 7.60. The average Bonchev–Trinajstić information content (AvgIpc) is 2.59. The Kier molecular flexibility index (Phi) is 5.86. The summed E-state index contributed by atoms with van der Waals surface area (Å²) in [5.41, 5.74) is 4.96. The van der Waals surface area contributed by atoms with Crippen molar-refractivity contribution in [3.8, 4) is 5.75 Å². The SMILES string of the molecule is COc1ccc(C(C)=O)cc1CC(=O)NNc1cccc(C(F)(F)F)c1. The van der Waals surface area contributed by atoms with Crippen molar-refractivity contribution in [3.05, 3.63) is 59.2 Å². The standard InChI is InChI=1S/C18H17F3N2O3/c1-11(24)12-6-7-16(26-2)13(8-12)9-17(25)23-22-15-5-3-4-14(10-15)18(19,20)21/h3-8,10,22H,9H2,1-2H3,(H,23,25). The van der Waals surface area contributed by atoms with Crippen molar-refractivity contribution in [1.29, 1.82) is 0 Å². The predicted octanol–water partition coefficient (Wildman–Crippen LogP) is 3.60. The van der Waals surface area contributed by atoms with E-state index in [4.69, 9.17) is 4.74 Å². The fourth-order valence-corrected chi connectivity index (χ4v) is 2.27. The van der Waals surface area contributed by atoms with Crippen molar-refractivity contribution in [2.45, 2.75) is 19.5 Å². The number of anilines is 1. The second kappa shape index (κ2) is 7.90. The lowest BCUT2D eigenvalue weighted by Crippen LogP contribution is -2.31. The molecule has 2 aromatic rings. The summed E-state index contributed by atoms with van der Waals surface area (Å²) >= 11 is 0. The number of ketones is 1. The molecule has 0 saturated carbocycles. The van der Waals surface area contributed by atoms with Gasteiger partial charge < -0.3 is 4.74 Å². The summed E-state index contributed by atoms with van der Waals surface area (Å²) in [5.74, 6) is -0.220. The van der Waals surface area contributed by atoms with Crippen molar-refractivity contribution < 1.29 is 27.5 Å². The summed E-state index contributed by atoms with van der Waals surface area (Å²) in [4.78, 5) is 23.5. The maximum atomic E-state index is 12.7. The molecule has 0 saturated heterocycles. The molecule has 0 aliphatic rings. The fraction of sp³-hybridized carbons (Fsp3) is 0.222. The van der Waals surface area contributed by atoms with Crippen LogP contribution in [-0.4, -0.2) is 18.8 Å². The number of methoxy groups -OCH3 is 1. The molecule has 0 aliphatic heterocycles. The number of hydrogen-bond donors (Lipinski definition) is 2. The first kappa shape index (κ1) is 19.3. The lowest BCUT2D eigenvalue weighted by molar-refractivity contribution is -0.137. The van der Waals surface area contributed by atoms with Crippen LogP contribution in [0.3, 0.4) is 0 Å². The summed E-state index contributed by atoms with van der Waals surface area (Å²) in [7, 11) is 1.44. The van der Waals surface area contributed by atoms with E-state index < -0.39 is 17.6 Å². The molecule has 0 heterocycles. The topological polar surface area (TPSA) is 67.4 Å². The minimum absolute atomic E-state index is 0.0950. The molecule has 5 nitrogen and oxygen atoms in total. The molecular weight excluding hydrogens is 349 g/mol. The van der Waals surface area contributed by atoms with Crippen LogP contribution in [0, 0.1) is 0 Å². The van der Waals surface area contributed by atoms with E-state index in [1.54, 1.807) is 18.2 Å². The number of hydrazine groups is 1. The highest BCUT2D eigenvalue weighted by atomic mass is 19.4. The number of alkyl halides is 3. The third-order valence-corrected chi connectivity index (χ3v) is 3.57. The van der Waals surface area contributed by atoms with E-state index in [1.807, 2.05) is 0 Å². The molecule has 2 rings (SSSR count). The molecule has 0 radical (unpaired) electrons. The first-order chi connectivity index (χ1) is 12.2. The Hall–Kier alpha value is -3.03. The van der Waals surface area contributed by atoms with Gasteiger partial charge in [-0.25, -0.2) is 0 Å². The zero-order valence-electron chi connectivity index (χ0n) is 14.1. The molecule has 138 valence electrons. The highest BCUT2D eigenvalue weighted by molar-refractivity contribution is 5.94.